The molecule has 1 rings (SSSR count). The summed E-state index contributed by atoms with van der Waals surface area (Å²) in [6.45, 7) is 9.26. The molecule has 0 radical (unpaired) electrons. The molecule has 0 unspecified atom stereocenters. The lowest BCUT2D eigenvalue weighted by molar-refractivity contribution is -0.142. The molecule has 0 spiro atoms. The SMILES string of the molecule is CC(=O)N(CC(=O)N1CCCC1)C(C)(C)C. The molecule has 0 N–H and O–H groups in total. The van der Waals surface area contributed by atoms with E-state index < -0.39 is 0 Å². The first-order chi connectivity index (χ1) is 7.32. The van der Waals surface area contributed by atoms with Gasteiger partial charge >= 0.3 is 0 Å². The van der Waals surface area contributed by atoms with E-state index in [-0.39, 0.29) is 23.9 Å². The van der Waals surface area contributed by atoms with E-state index in [1.165, 1.54) is 6.92 Å². The number of amides is 2. The Labute approximate surface area is 97.6 Å². The van der Waals surface area contributed by atoms with E-state index >= 15 is 0 Å². The number of hydrogen-bond donors (Lipinski definition) is 0. The van der Waals surface area contributed by atoms with Crippen molar-refractivity contribution in [2.45, 2.75) is 46.1 Å². The Hall–Kier alpha value is -1.06. The zero-order valence-electron chi connectivity index (χ0n) is 10.7. The van der Waals surface area contributed by atoms with Crippen LogP contribution in [0.1, 0.15) is 40.5 Å². The first-order valence-electron chi connectivity index (χ1n) is 5.88. The second kappa shape index (κ2) is 4.85. The van der Waals surface area contributed by atoms with Gasteiger partial charge in [-0.2, -0.15) is 0 Å². The topological polar surface area (TPSA) is 40.6 Å². The molecule has 1 saturated heterocycles. The first kappa shape index (κ1) is 13.0. The van der Waals surface area contributed by atoms with E-state index in [0.29, 0.717) is 0 Å². The van der Waals surface area contributed by atoms with E-state index in [4.69, 9.17) is 0 Å². The summed E-state index contributed by atoms with van der Waals surface area (Å²) >= 11 is 0. The van der Waals surface area contributed by atoms with E-state index in [0.717, 1.165) is 25.9 Å². The molecule has 4 nitrogen and oxygen atoms in total. The van der Waals surface area contributed by atoms with Gasteiger partial charge in [-0.05, 0) is 33.6 Å². The summed E-state index contributed by atoms with van der Waals surface area (Å²) < 4.78 is 0. The van der Waals surface area contributed by atoms with Gasteiger partial charge in [0.1, 0.15) is 6.54 Å². The standard InChI is InChI=1S/C12H22N2O2/c1-10(15)14(12(2,3)4)9-11(16)13-7-5-6-8-13/h5-9H2,1-4H3. The number of nitrogens with zero attached hydrogens (tertiary/aromatic N) is 2. The number of carbonyl (C=O) groups is 2. The Balaban J connectivity index is 2.61. The van der Waals surface area contributed by atoms with Crippen molar-refractivity contribution in [3.63, 3.8) is 0 Å². The molecule has 92 valence electrons. The second-order valence-corrected chi connectivity index (χ2v) is 5.36. The molecule has 0 aliphatic carbocycles. The van der Waals surface area contributed by atoms with Gasteiger partial charge in [0.15, 0.2) is 0 Å². The number of hydrogen-bond acceptors (Lipinski definition) is 2. The summed E-state index contributed by atoms with van der Waals surface area (Å²) in [5.74, 6) is 0.0303. The Bertz CT molecular complexity index is 275. The van der Waals surface area contributed by atoms with Crippen LogP contribution >= 0.6 is 0 Å². The van der Waals surface area contributed by atoms with Gasteiger partial charge in [0.2, 0.25) is 11.8 Å². The summed E-state index contributed by atoms with van der Waals surface area (Å²) in [6, 6.07) is 0. The fourth-order valence-corrected chi connectivity index (χ4v) is 2.02. The molecule has 0 atom stereocenters. The maximum absolute atomic E-state index is 11.9. The minimum atomic E-state index is -0.290. The second-order valence-electron chi connectivity index (χ2n) is 5.36. The molecule has 4 heteroatoms. The minimum absolute atomic E-state index is 0.0416. The van der Waals surface area contributed by atoms with Crippen LogP contribution in [0, 0.1) is 0 Å². The van der Waals surface area contributed by atoms with Gasteiger partial charge < -0.3 is 9.80 Å². The highest BCUT2D eigenvalue weighted by atomic mass is 16.2. The van der Waals surface area contributed by atoms with E-state index in [9.17, 15) is 9.59 Å². The summed E-state index contributed by atoms with van der Waals surface area (Å²) in [5, 5.41) is 0. The molecule has 0 aromatic rings. The van der Waals surface area contributed by atoms with Crippen molar-refractivity contribution in [2.75, 3.05) is 19.6 Å². The molecule has 0 bridgehead atoms. The molecule has 2 amide bonds. The van der Waals surface area contributed by atoms with Crippen LogP contribution < -0.4 is 0 Å². The lowest BCUT2D eigenvalue weighted by atomic mass is 10.1. The predicted molar refractivity (Wildman–Crippen MR) is 63.0 cm³/mol. The highest BCUT2D eigenvalue weighted by Gasteiger charge is 2.28. The van der Waals surface area contributed by atoms with Gasteiger partial charge in [-0.25, -0.2) is 0 Å². The Kier molecular flexibility index (Phi) is 3.94. The van der Waals surface area contributed by atoms with E-state index in [1.807, 2.05) is 25.7 Å². The van der Waals surface area contributed by atoms with Gasteiger partial charge in [0, 0.05) is 25.6 Å². The average Bonchev–Trinajstić information content (AvgIpc) is 2.63. The van der Waals surface area contributed by atoms with Crippen LogP contribution in [-0.2, 0) is 9.59 Å². The van der Waals surface area contributed by atoms with Gasteiger partial charge in [-0.1, -0.05) is 0 Å². The maximum atomic E-state index is 11.9. The molecule has 0 aromatic carbocycles. The quantitative estimate of drug-likeness (QED) is 0.711. The van der Waals surface area contributed by atoms with Crippen LogP contribution in [0.4, 0.5) is 0 Å². The van der Waals surface area contributed by atoms with E-state index in [1.54, 1.807) is 4.90 Å². The highest BCUT2D eigenvalue weighted by Crippen LogP contribution is 2.15. The zero-order chi connectivity index (χ0) is 12.3. The van der Waals surface area contributed by atoms with Gasteiger partial charge in [0.25, 0.3) is 0 Å². The maximum Gasteiger partial charge on any atom is 0.242 e. The van der Waals surface area contributed by atoms with Crippen molar-refractivity contribution in [1.29, 1.82) is 0 Å². The van der Waals surface area contributed by atoms with Crippen LogP contribution in [-0.4, -0.2) is 46.8 Å². The third-order valence-corrected chi connectivity index (χ3v) is 2.94. The molecule has 1 aliphatic rings. The fraction of sp³-hybridized carbons (Fsp3) is 0.833. The summed E-state index contributed by atoms with van der Waals surface area (Å²) in [7, 11) is 0. The molecule has 1 heterocycles. The van der Waals surface area contributed by atoms with Crippen molar-refractivity contribution in [2.24, 2.45) is 0 Å². The van der Waals surface area contributed by atoms with Crippen molar-refractivity contribution in [3.05, 3.63) is 0 Å². The third-order valence-electron chi connectivity index (χ3n) is 2.94. The Morgan fingerprint density at radius 1 is 1.19 bits per heavy atom. The Morgan fingerprint density at radius 3 is 2.06 bits per heavy atom. The highest BCUT2D eigenvalue weighted by molar-refractivity contribution is 5.84. The van der Waals surface area contributed by atoms with Crippen molar-refractivity contribution in [1.82, 2.24) is 9.80 Å². The van der Waals surface area contributed by atoms with Crippen molar-refractivity contribution < 1.29 is 9.59 Å². The summed E-state index contributed by atoms with van der Waals surface area (Å²) in [4.78, 5) is 26.9. The molecule has 1 aliphatic heterocycles. The molecule has 0 saturated carbocycles. The Morgan fingerprint density at radius 2 is 1.69 bits per heavy atom. The average molecular weight is 226 g/mol. The number of carbonyl (C=O) groups excluding carboxylic acids is 2. The first-order valence-corrected chi connectivity index (χ1v) is 5.88. The molecule has 0 aromatic heterocycles. The van der Waals surface area contributed by atoms with Crippen molar-refractivity contribution >= 4 is 11.8 Å². The van der Waals surface area contributed by atoms with Gasteiger partial charge in [0.05, 0.1) is 0 Å². The van der Waals surface area contributed by atoms with Gasteiger partial charge in [-0.3, -0.25) is 9.59 Å². The normalized spacial score (nSPS) is 16.4. The van der Waals surface area contributed by atoms with E-state index in [2.05, 4.69) is 0 Å². The lowest BCUT2D eigenvalue weighted by Gasteiger charge is -2.35. The summed E-state index contributed by atoms with van der Waals surface area (Å²) in [6.07, 6.45) is 2.17. The van der Waals surface area contributed by atoms with Crippen LogP contribution in [0.5, 0.6) is 0 Å². The molecule has 16 heavy (non-hydrogen) atoms. The van der Waals surface area contributed by atoms with Crippen LogP contribution in [0.3, 0.4) is 0 Å². The van der Waals surface area contributed by atoms with Gasteiger partial charge in [-0.15, -0.1) is 0 Å². The molecular formula is C12H22N2O2. The fourth-order valence-electron chi connectivity index (χ4n) is 2.02. The predicted octanol–water partition coefficient (Wildman–Crippen LogP) is 1.26. The lowest BCUT2D eigenvalue weighted by Crippen LogP contribution is -2.50. The van der Waals surface area contributed by atoms with Crippen molar-refractivity contribution in [3.8, 4) is 0 Å². The molecular weight excluding hydrogens is 204 g/mol. The summed E-state index contributed by atoms with van der Waals surface area (Å²) in [5.41, 5.74) is -0.290. The molecule has 1 fully saturated rings. The van der Waals surface area contributed by atoms with Crippen LogP contribution in [0.25, 0.3) is 0 Å². The zero-order valence-corrected chi connectivity index (χ0v) is 10.7. The monoisotopic (exact) mass is 226 g/mol. The van der Waals surface area contributed by atoms with Crippen LogP contribution in [0.2, 0.25) is 0 Å². The third kappa shape index (κ3) is 3.22. The van der Waals surface area contributed by atoms with Crippen LogP contribution in [0.15, 0.2) is 0 Å². The number of likely N-dealkylation sites (tertiary alicyclic amines) is 1. The smallest absolute Gasteiger partial charge is 0.242 e. The largest absolute Gasteiger partial charge is 0.341 e. The minimum Gasteiger partial charge on any atom is -0.341 e. The number of rotatable bonds is 2.